The maximum atomic E-state index is 15.6. The highest BCUT2D eigenvalue weighted by atomic mass is 19.3. The first-order chi connectivity index (χ1) is 30.7. The molecule has 344 valence electrons. The van der Waals surface area contributed by atoms with Gasteiger partial charge in [-0.3, -0.25) is 34.8 Å². The molecule has 5 heterocycles. The van der Waals surface area contributed by atoms with Crippen molar-refractivity contribution in [2.45, 2.75) is 75.8 Å². The topological polar surface area (TPSA) is 168 Å². The van der Waals surface area contributed by atoms with Crippen molar-refractivity contribution in [1.82, 2.24) is 30.6 Å². The van der Waals surface area contributed by atoms with Crippen LogP contribution in [0.15, 0.2) is 30.5 Å². The summed E-state index contributed by atoms with van der Waals surface area (Å²) in [5.41, 5.74) is 2.82. The molecular formula is C43H52F5N11O5. The van der Waals surface area contributed by atoms with E-state index in [1.807, 2.05) is 0 Å². The Labute approximate surface area is 366 Å². The minimum Gasteiger partial charge on any atom is -0.495 e. The van der Waals surface area contributed by atoms with E-state index in [9.17, 15) is 19.2 Å². The summed E-state index contributed by atoms with van der Waals surface area (Å²) >= 11 is 0. The molecule has 8 rings (SSSR count). The third-order valence-electron chi connectivity index (χ3n) is 13.0. The zero-order chi connectivity index (χ0) is 45.3. The normalized spacial score (nSPS) is 21.4. The van der Waals surface area contributed by atoms with E-state index in [2.05, 4.69) is 36.2 Å². The smallest absolute Gasteiger partial charge is 0.342 e. The molecule has 0 spiro atoms. The van der Waals surface area contributed by atoms with Crippen molar-refractivity contribution in [2.24, 2.45) is 5.92 Å². The van der Waals surface area contributed by atoms with Crippen LogP contribution in [0.2, 0.25) is 0 Å². The summed E-state index contributed by atoms with van der Waals surface area (Å²) in [6, 6.07) is 3.47. The van der Waals surface area contributed by atoms with Crippen LogP contribution >= 0.6 is 0 Å². The van der Waals surface area contributed by atoms with Gasteiger partial charge in [0.15, 0.2) is 5.82 Å². The van der Waals surface area contributed by atoms with Gasteiger partial charge in [-0.25, -0.2) is 23.2 Å². The average molecular weight is 898 g/mol. The number of halogens is 5. The second kappa shape index (κ2) is 18.7. The van der Waals surface area contributed by atoms with Crippen LogP contribution < -0.4 is 40.8 Å². The molecule has 3 saturated heterocycles. The lowest BCUT2D eigenvalue weighted by Gasteiger charge is -2.38. The highest BCUT2D eigenvalue weighted by molar-refractivity contribution is 6.02. The summed E-state index contributed by atoms with van der Waals surface area (Å²) in [5.74, 6) is -8.11. The lowest BCUT2D eigenvalue weighted by molar-refractivity contribution is -0.140. The van der Waals surface area contributed by atoms with Gasteiger partial charge in [0.05, 0.1) is 42.5 Å². The van der Waals surface area contributed by atoms with Crippen LogP contribution in [-0.4, -0.2) is 128 Å². The van der Waals surface area contributed by atoms with E-state index in [1.54, 1.807) is 9.91 Å². The highest BCUT2D eigenvalue weighted by Gasteiger charge is 2.49. The van der Waals surface area contributed by atoms with E-state index < -0.39 is 59.6 Å². The third-order valence-corrected chi connectivity index (χ3v) is 13.0. The lowest BCUT2D eigenvalue weighted by Crippen LogP contribution is -2.48. The summed E-state index contributed by atoms with van der Waals surface area (Å²) in [7, 11) is 2.62. The van der Waals surface area contributed by atoms with Crippen molar-refractivity contribution in [3.8, 4) is 5.75 Å². The Morgan fingerprint density at radius 3 is 2.31 bits per heavy atom. The van der Waals surface area contributed by atoms with Crippen LogP contribution in [0.1, 0.15) is 68.1 Å². The third kappa shape index (κ3) is 9.64. The fourth-order valence-corrected chi connectivity index (χ4v) is 9.24. The number of ether oxygens (including phenoxy) is 1. The summed E-state index contributed by atoms with van der Waals surface area (Å²) in [4.78, 5) is 64.8. The molecule has 16 nitrogen and oxygen atoms in total. The Kier molecular flexibility index (Phi) is 13.1. The molecule has 5 aliphatic rings. The number of imide groups is 1. The average Bonchev–Trinajstić information content (AvgIpc) is 3.80. The second-order valence-corrected chi connectivity index (χ2v) is 17.1. The fourth-order valence-electron chi connectivity index (χ4n) is 9.24. The number of carbonyl (C=O) groups excluding carboxylic acids is 4. The van der Waals surface area contributed by atoms with E-state index in [0.29, 0.717) is 58.0 Å². The lowest BCUT2D eigenvalue weighted by atomic mass is 9.94. The number of rotatable bonds is 12. The minimum absolute atomic E-state index is 0.0369. The number of benzene rings is 2. The van der Waals surface area contributed by atoms with Crippen LogP contribution in [0, 0.1) is 23.4 Å². The monoisotopic (exact) mass is 897 g/mol. The summed E-state index contributed by atoms with van der Waals surface area (Å²) in [5, 5.41) is 9.59. The van der Waals surface area contributed by atoms with E-state index in [-0.39, 0.29) is 64.7 Å². The molecule has 4 N–H and O–H groups in total. The first-order valence-electron chi connectivity index (χ1n) is 21.7. The van der Waals surface area contributed by atoms with Crippen molar-refractivity contribution in [3.63, 3.8) is 0 Å². The maximum absolute atomic E-state index is 15.6. The number of piperidine rings is 2. The largest absolute Gasteiger partial charge is 0.495 e. The zero-order valence-electron chi connectivity index (χ0n) is 35.7. The predicted molar refractivity (Wildman–Crippen MR) is 227 cm³/mol. The number of hydrazine groups is 1. The van der Waals surface area contributed by atoms with Gasteiger partial charge in [0.1, 0.15) is 34.9 Å². The van der Waals surface area contributed by atoms with Gasteiger partial charge in [-0.1, -0.05) is 12.8 Å². The Bertz CT molecular complexity index is 2270. The molecule has 21 heteroatoms. The predicted octanol–water partition coefficient (Wildman–Crippen LogP) is 4.79. The van der Waals surface area contributed by atoms with E-state index in [1.165, 1.54) is 31.3 Å². The van der Waals surface area contributed by atoms with Crippen molar-refractivity contribution in [3.05, 3.63) is 53.5 Å². The molecule has 4 fully saturated rings. The van der Waals surface area contributed by atoms with Crippen LogP contribution in [-0.2, 0) is 14.4 Å². The Hall–Kier alpha value is -5.83. The van der Waals surface area contributed by atoms with Gasteiger partial charge >= 0.3 is 5.92 Å². The molecule has 1 saturated carbocycles. The molecule has 1 aliphatic carbocycles. The van der Waals surface area contributed by atoms with Gasteiger partial charge in [-0.2, -0.15) is 13.8 Å². The molecule has 2 aromatic carbocycles. The van der Waals surface area contributed by atoms with Crippen molar-refractivity contribution < 1.29 is 45.9 Å². The van der Waals surface area contributed by atoms with Gasteiger partial charge < -0.3 is 30.1 Å². The van der Waals surface area contributed by atoms with Crippen molar-refractivity contribution >= 4 is 58.1 Å². The molecule has 64 heavy (non-hydrogen) atoms. The molecule has 1 unspecified atom stereocenters. The van der Waals surface area contributed by atoms with Gasteiger partial charge in [0.2, 0.25) is 17.8 Å². The standard InChI is InChI=1S/C43H52F5N11O5/c1-55-35-23-49-42(53-38(35)59(26-5-3-4-6-26)24-43(47,48)41(55)63)51-33-20-28(44)27(19-36(33)64-2)39(61)54-58-13-10-25(11-14-58)9-12-56-15-17-57(18-16-56)34-22-29(45)32(21-30(34)46)50-31-7-8-37(60)52-40(31)62/h19-23,25-26,31,50H,3-18,24H2,1-2H3,(H,54,61)(H,49,51,53)(H,52,60,62). The minimum atomic E-state index is -3.64. The molecule has 3 aromatic rings. The summed E-state index contributed by atoms with van der Waals surface area (Å²) in [6.07, 6.45) is 7.19. The number of nitrogens with zero attached hydrogens (tertiary/aromatic N) is 7. The Balaban J connectivity index is 0.812. The fraction of sp³-hybridized carbons (Fsp3) is 0.535. The number of alkyl halides is 2. The number of piperazine rings is 1. The first-order valence-corrected chi connectivity index (χ1v) is 21.7. The number of methoxy groups -OCH3 is 1. The van der Waals surface area contributed by atoms with Gasteiger partial charge in [0.25, 0.3) is 11.8 Å². The number of carbonyl (C=O) groups is 4. The number of hydrogen-bond acceptors (Lipinski definition) is 13. The Morgan fingerprint density at radius 2 is 1.61 bits per heavy atom. The number of hydrogen-bond donors (Lipinski definition) is 4. The molecule has 1 atom stereocenters. The van der Waals surface area contributed by atoms with E-state index in [0.717, 1.165) is 61.7 Å². The molecule has 0 bridgehead atoms. The Morgan fingerprint density at radius 1 is 0.891 bits per heavy atom. The molecule has 1 aromatic heterocycles. The van der Waals surface area contributed by atoms with E-state index in [4.69, 9.17) is 4.74 Å². The van der Waals surface area contributed by atoms with Crippen LogP contribution in [0.5, 0.6) is 5.75 Å². The maximum Gasteiger partial charge on any atom is 0.342 e. The second-order valence-electron chi connectivity index (χ2n) is 17.1. The van der Waals surface area contributed by atoms with Gasteiger partial charge in [-0.05, 0) is 57.1 Å². The number of fused-ring (bicyclic) bond motifs is 1. The van der Waals surface area contributed by atoms with Crippen LogP contribution in [0.3, 0.4) is 0 Å². The molecule has 0 radical (unpaired) electrons. The quantitative estimate of drug-likeness (QED) is 0.145. The van der Waals surface area contributed by atoms with Crippen molar-refractivity contribution in [1.29, 1.82) is 0 Å². The number of amides is 4. The summed E-state index contributed by atoms with van der Waals surface area (Å²) in [6.45, 7) is 3.45. The van der Waals surface area contributed by atoms with E-state index >= 15 is 22.0 Å². The molecular weight excluding hydrogens is 846 g/mol. The number of nitrogens with one attached hydrogen (secondary N) is 4. The highest BCUT2D eigenvalue weighted by Crippen LogP contribution is 2.40. The van der Waals surface area contributed by atoms with Crippen LogP contribution in [0.4, 0.5) is 56.5 Å². The van der Waals surface area contributed by atoms with Gasteiger partial charge in [-0.15, -0.1) is 0 Å². The number of aromatic nitrogens is 2. The van der Waals surface area contributed by atoms with Gasteiger partial charge in [0, 0.05) is 77.0 Å². The van der Waals surface area contributed by atoms with Crippen LogP contribution in [0.25, 0.3) is 0 Å². The molecule has 4 amide bonds. The SMILES string of the molecule is COc1cc(C(=O)NN2CCC(CCN3CCN(c4cc(F)c(NC5CCC(=O)NC5=O)cc4F)CC3)CC2)c(F)cc1Nc1ncc2c(n1)N(C1CCCC1)CC(F)(F)C(=O)N2C. The van der Waals surface area contributed by atoms with Crippen molar-refractivity contribution in [2.75, 3.05) is 91.8 Å². The first kappa shape index (κ1) is 44.8. The molecule has 4 aliphatic heterocycles. The number of anilines is 6. The zero-order valence-corrected chi connectivity index (χ0v) is 35.7. The summed E-state index contributed by atoms with van der Waals surface area (Å²) < 4.78 is 81.5.